The third-order valence-electron chi connectivity index (χ3n) is 6.04. The number of nitrogens with zero attached hydrogens (tertiary/aromatic N) is 3. The van der Waals surface area contributed by atoms with E-state index < -0.39 is 40.0 Å². The van der Waals surface area contributed by atoms with Crippen LogP contribution in [0, 0.1) is 29.8 Å². The summed E-state index contributed by atoms with van der Waals surface area (Å²) in [5, 5.41) is 33.4. The molecule has 1 aliphatic carbocycles. The molecule has 2 aliphatic rings. The van der Waals surface area contributed by atoms with Crippen molar-refractivity contribution in [2.45, 2.75) is 52.1 Å². The number of rotatable bonds is 9. The first-order valence-corrected chi connectivity index (χ1v) is 11.1. The molecule has 12 nitrogen and oxygen atoms in total. The third-order valence-corrected chi connectivity index (χ3v) is 6.04. The first-order chi connectivity index (χ1) is 16.5. The molecule has 13 heteroatoms. The van der Waals surface area contributed by atoms with Gasteiger partial charge < -0.3 is 30.1 Å². The highest BCUT2D eigenvalue weighted by molar-refractivity contribution is 6.12. The standard InChI is InChI=1S/C22H27FN4O8/c1-4-35-22(32)24-13-7-8-25(9-13)17-12(3)18(19(27(33)34)11(2)16(17)23)26(14-5-6-14)10-15(20(28)29)21(30)31/h10,13-14H,4-9H2,1-3H3,(H,24,32)(H,28,29)(H,30,31). The molecule has 1 heterocycles. The molecule has 1 saturated heterocycles. The van der Waals surface area contributed by atoms with Gasteiger partial charge in [-0.3, -0.25) is 10.1 Å². The molecule has 0 radical (unpaired) electrons. The molecule has 0 bridgehead atoms. The number of nitrogens with one attached hydrogen (secondary N) is 1. The zero-order valence-corrected chi connectivity index (χ0v) is 19.5. The van der Waals surface area contributed by atoms with Gasteiger partial charge in [0, 0.05) is 30.9 Å². The number of hydrogen-bond donors (Lipinski definition) is 3. The fourth-order valence-electron chi connectivity index (χ4n) is 4.30. The van der Waals surface area contributed by atoms with E-state index in [1.807, 2.05) is 0 Å². The van der Waals surface area contributed by atoms with Crippen molar-refractivity contribution in [3.63, 3.8) is 0 Å². The highest BCUT2D eigenvalue weighted by Crippen LogP contribution is 2.47. The van der Waals surface area contributed by atoms with E-state index in [2.05, 4.69) is 5.32 Å². The van der Waals surface area contributed by atoms with Gasteiger partial charge in [-0.05, 0) is 40.0 Å². The number of nitro groups is 1. The second-order valence-corrected chi connectivity index (χ2v) is 8.45. The fraction of sp³-hybridized carbons (Fsp3) is 0.500. The van der Waals surface area contributed by atoms with Crippen LogP contribution in [0.5, 0.6) is 0 Å². The molecule has 1 unspecified atom stereocenters. The van der Waals surface area contributed by atoms with Crippen molar-refractivity contribution < 1.29 is 38.6 Å². The van der Waals surface area contributed by atoms with Crippen molar-refractivity contribution in [1.29, 1.82) is 0 Å². The van der Waals surface area contributed by atoms with Crippen LogP contribution in [0.3, 0.4) is 0 Å². The van der Waals surface area contributed by atoms with Crippen LogP contribution in [0.15, 0.2) is 11.8 Å². The van der Waals surface area contributed by atoms with Crippen LogP contribution in [0.25, 0.3) is 0 Å². The normalized spacial score (nSPS) is 17.0. The molecule has 0 aromatic heterocycles. The average molecular weight is 494 g/mol. The Hall–Kier alpha value is -3.90. The number of hydrogen-bond acceptors (Lipinski definition) is 8. The number of ether oxygens (including phenoxy) is 1. The van der Waals surface area contributed by atoms with Crippen molar-refractivity contribution >= 4 is 35.1 Å². The molecule has 2 fully saturated rings. The predicted molar refractivity (Wildman–Crippen MR) is 122 cm³/mol. The Kier molecular flexibility index (Phi) is 7.46. The van der Waals surface area contributed by atoms with Gasteiger partial charge in [-0.2, -0.15) is 0 Å². The summed E-state index contributed by atoms with van der Waals surface area (Å²) < 4.78 is 20.4. The monoisotopic (exact) mass is 494 g/mol. The molecule has 1 aromatic rings. The Morgan fingerprint density at radius 1 is 1.23 bits per heavy atom. The van der Waals surface area contributed by atoms with Crippen LogP contribution in [0.2, 0.25) is 0 Å². The Labute approximate surface area is 200 Å². The first kappa shape index (κ1) is 25.7. The van der Waals surface area contributed by atoms with Gasteiger partial charge in [-0.1, -0.05) is 0 Å². The summed E-state index contributed by atoms with van der Waals surface area (Å²) in [5.41, 5.74) is -1.55. The molecule has 0 spiro atoms. The lowest BCUT2D eigenvalue weighted by atomic mass is 10.0. The maximum absolute atomic E-state index is 15.5. The Bertz CT molecular complexity index is 1090. The minimum atomic E-state index is -1.70. The molecule has 3 N–H and O–H groups in total. The van der Waals surface area contributed by atoms with Crippen LogP contribution < -0.4 is 15.1 Å². The number of benzene rings is 1. The van der Waals surface area contributed by atoms with Crippen LogP contribution in [-0.2, 0) is 14.3 Å². The van der Waals surface area contributed by atoms with Crippen LogP contribution in [-0.4, -0.2) is 64.9 Å². The van der Waals surface area contributed by atoms with E-state index in [-0.39, 0.29) is 47.7 Å². The summed E-state index contributed by atoms with van der Waals surface area (Å²) in [4.78, 5) is 49.0. The van der Waals surface area contributed by atoms with Crippen LogP contribution >= 0.6 is 0 Å². The summed E-state index contributed by atoms with van der Waals surface area (Å²) in [6.07, 6.45) is 1.86. The number of aliphatic carboxylic acids is 2. The quantitative estimate of drug-likeness (QED) is 0.153. The Morgan fingerprint density at radius 3 is 2.37 bits per heavy atom. The third kappa shape index (κ3) is 5.28. The van der Waals surface area contributed by atoms with Crippen molar-refractivity contribution in [3.05, 3.63) is 38.8 Å². The van der Waals surface area contributed by atoms with E-state index in [0.29, 0.717) is 25.8 Å². The summed E-state index contributed by atoms with van der Waals surface area (Å²) in [7, 11) is 0. The summed E-state index contributed by atoms with van der Waals surface area (Å²) in [6, 6.07) is -0.701. The molecular formula is C22H27FN4O8. The topological polar surface area (TPSA) is 163 Å². The number of amides is 1. The second-order valence-electron chi connectivity index (χ2n) is 8.45. The zero-order valence-electron chi connectivity index (χ0n) is 19.5. The van der Waals surface area contributed by atoms with Crippen molar-refractivity contribution in [2.75, 3.05) is 29.5 Å². The largest absolute Gasteiger partial charge is 0.477 e. The highest BCUT2D eigenvalue weighted by Gasteiger charge is 2.39. The Balaban J connectivity index is 2.13. The molecule has 1 saturated carbocycles. The molecule has 190 valence electrons. The number of carboxylic acid groups (broad SMARTS) is 2. The maximum Gasteiger partial charge on any atom is 0.407 e. The van der Waals surface area contributed by atoms with Crippen LogP contribution in [0.1, 0.15) is 37.3 Å². The molecule has 1 aliphatic heterocycles. The number of anilines is 2. The fourth-order valence-corrected chi connectivity index (χ4v) is 4.30. The van der Waals surface area contributed by atoms with E-state index in [9.17, 15) is 34.7 Å². The molecule has 1 atom stereocenters. The number of carboxylic acids is 2. The molecule has 1 amide bonds. The van der Waals surface area contributed by atoms with E-state index in [1.165, 1.54) is 18.7 Å². The van der Waals surface area contributed by atoms with E-state index in [0.717, 1.165) is 6.20 Å². The average Bonchev–Trinajstić information content (AvgIpc) is 3.50. The summed E-state index contributed by atoms with van der Waals surface area (Å²) in [6.45, 7) is 5.17. The lowest BCUT2D eigenvalue weighted by molar-refractivity contribution is -0.384. The molecular weight excluding hydrogens is 467 g/mol. The minimum absolute atomic E-state index is 0.0480. The maximum atomic E-state index is 15.5. The molecule has 1 aromatic carbocycles. The number of carbonyl (C=O) groups is 3. The lowest BCUT2D eigenvalue weighted by Crippen LogP contribution is -2.37. The smallest absolute Gasteiger partial charge is 0.407 e. The van der Waals surface area contributed by atoms with E-state index >= 15 is 4.39 Å². The van der Waals surface area contributed by atoms with Gasteiger partial charge >= 0.3 is 18.0 Å². The Morgan fingerprint density at radius 2 is 1.86 bits per heavy atom. The predicted octanol–water partition coefficient (Wildman–Crippen LogP) is 2.70. The van der Waals surface area contributed by atoms with Gasteiger partial charge in [0.2, 0.25) is 0 Å². The van der Waals surface area contributed by atoms with E-state index in [1.54, 1.807) is 11.8 Å². The van der Waals surface area contributed by atoms with Crippen molar-refractivity contribution in [2.24, 2.45) is 0 Å². The molecule has 3 rings (SSSR count). The zero-order chi connectivity index (χ0) is 26.0. The van der Waals surface area contributed by atoms with Gasteiger partial charge in [0.1, 0.15) is 5.69 Å². The van der Waals surface area contributed by atoms with E-state index in [4.69, 9.17) is 4.74 Å². The van der Waals surface area contributed by atoms with Gasteiger partial charge in [0.05, 0.1) is 28.8 Å². The highest BCUT2D eigenvalue weighted by atomic mass is 19.1. The summed E-state index contributed by atoms with van der Waals surface area (Å²) in [5.74, 6) is -4.20. The SMILES string of the molecule is CCOC(=O)NC1CCN(c2c(C)c(N(C=C(C(=O)O)C(=O)O)C3CC3)c([N+](=O)[O-])c(C)c2F)C1. The van der Waals surface area contributed by atoms with Gasteiger partial charge in [-0.25, -0.2) is 18.8 Å². The first-order valence-electron chi connectivity index (χ1n) is 11.1. The second kappa shape index (κ2) is 10.2. The number of halogens is 1. The van der Waals surface area contributed by atoms with Gasteiger partial charge in [0.25, 0.3) is 5.69 Å². The molecule has 35 heavy (non-hydrogen) atoms. The van der Waals surface area contributed by atoms with Gasteiger partial charge in [0.15, 0.2) is 11.4 Å². The lowest BCUT2D eigenvalue weighted by Gasteiger charge is -2.29. The number of nitro benzene ring substituents is 1. The number of alkyl carbamates (subject to hydrolysis) is 1. The van der Waals surface area contributed by atoms with Crippen molar-refractivity contribution in [1.82, 2.24) is 5.32 Å². The minimum Gasteiger partial charge on any atom is -0.477 e. The van der Waals surface area contributed by atoms with Crippen LogP contribution in [0.4, 0.5) is 26.2 Å². The van der Waals surface area contributed by atoms with Gasteiger partial charge in [-0.15, -0.1) is 0 Å². The summed E-state index contributed by atoms with van der Waals surface area (Å²) >= 11 is 0. The number of carbonyl (C=O) groups excluding carboxylic acids is 1. The van der Waals surface area contributed by atoms with Crippen molar-refractivity contribution in [3.8, 4) is 0 Å².